The number of aromatic amines is 1. The molecule has 0 radical (unpaired) electrons. The van der Waals surface area contributed by atoms with Gasteiger partial charge in [0.2, 0.25) is 0 Å². The standard InChI is InChI=1S/C28H25N7O3S/c1-16-10-21(32-25(11-16)33-24-13-18(7-9-29-24)22-14-31-35-34-22)23-15-30-27(39-23)28(38-2)8-3-4-17-12-19(26(36)37)5-6-20(17)28/h5-7,9-15H,3-4,8H2,1-2H3,(H,36,37)(H,29,32,33)(H,31,34,35)/t28-/m1/s1. The topological polar surface area (TPSA) is 139 Å². The zero-order valence-corrected chi connectivity index (χ0v) is 22.1. The van der Waals surface area contributed by atoms with E-state index in [1.54, 1.807) is 31.6 Å². The number of hydrogen-bond acceptors (Lipinski definition) is 9. The third kappa shape index (κ3) is 4.66. The number of methoxy groups -OCH3 is 1. The van der Waals surface area contributed by atoms with Crippen molar-refractivity contribution in [3.63, 3.8) is 0 Å². The molecule has 0 saturated carbocycles. The number of rotatable bonds is 7. The van der Waals surface area contributed by atoms with Crippen LogP contribution in [0.15, 0.2) is 61.1 Å². The van der Waals surface area contributed by atoms with Gasteiger partial charge in [-0.25, -0.2) is 19.7 Å². The van der Waals surface area contributed by atoms with E-state index in [-0.39, 0.29) is 5.56 Å². The van der Waals surface area contributed by atoms with Crippen LogP contribution in [0.3, 0.4) is 0 Å². The summed E-state index contributed by atoms with van der Waals surface area (Å²) < 4.78 is 6.16. The summed E-state index contributed by atoms with van der Waals surface area (Å²) in [6.07, 6.45) is 7.71. The molecule has 0 unspecified atom stereocenters. The molecule has 39 heavy (non-hydrogen) atoms. The minimum absolute atomic E-state index is 0.283. The number of thiazole rings is 1. The summed E-state index contributed by atoms with van der Waals surface area (Å²) in [5, 5.41) is 24.1. The van der Waals surface area contributed by atoms with Crippen LogP contribution in [0.4, 0.5) is 11.6 Å². The lowest BCUT2D eigenvalue weighted by molar-refractivity contribution is 0.00708. The van der Waals surface area contributed by atoms with Crippen molar-refractivity contribution < 1.29 is 14.6 Å². The van der Waals surface area contributed by atoms with Crippen LogP contribution < -0.4 is 5.32 Å². The Hall–Kier alpha value is -4.48. The molecule has 4 heterocycles. The SMILES string of the molecule is CO[C@]1(c2ncc(-c3cc(C)cc(Nc4cc(-c5c[nH]nn5)ccn4)n3)s2)CCCc2cc(C(=O)O)ccc21. The van der Waals surface area contributed by atoms with Gasteiger partial charge in [0.15, 0.2) is 0 Å². The number of nitrogens with one attached hydrogen (secondary N) is 2. The molecule has 3 N–H and O–H groups in total. The zero-order chi connectivity index (χ0) is 27.0. The van der Waals surface area contributed by atoms with E-state index in [9.17, 15) is 9.90 Å². The third-order valence-electron chi connectivity index (χ3n) is 6.91. The van der Waals surface area contributed by atoms with Crippen molar-refractivity contribution in [1.29, 1.82) is 0 Å². The number of hydrogen-bond donors (Lipinski definition) is 3. The highest BCUT2D eigenvalue weighted by atomic mass is 32.1. The Kier molecular flexibility index (Phi) is 6.37. The van der Waals surface area contributed by atoms with Crippen LogP contribution >= 0.6 is 11.3 Å². The Morgan fingerprint density at radius 2 is 2.03 bits per heavy atom. The van der Waals surface area contributed by atoms with E-state index in [1.165, 1.54) is 11.3 Å². The van der Waals surface area contributed by atoms with Gasteiger partial charge in [0.25, 0.3) is 0 Å². The lowest BCUT2D eigenvalue weighted by Crippen LogP contribution is -2.34. The number of aryl methyl sites for hydroxylation is 2. The van der Waals surface area contributed by atoms with Crippen LogP contribution in [-0.2, 0) is 16.8 Å². The van der Waals surface area contributed by atoms with Crippen molar-refractivity contribution in [2.75, 3.05) is 12.4 Å². The quantitative estimate of drug-likeness (QED) is 0.249. The van der Waals surface area contributed by atoms with Gasteiger partial charge >= 0.3 is 5.97 Å². The Labute approximate surface area is 228 Å². The Morgan fingerprint density at radius 1 is 1.13 bits per heavy atom. The highest BCUT2D eigenvalue weighted by Crippen LogP contribution is 2.46. The van der Waals surface area contributed by atoms with Crippen LogP contribution in [0.5, 0.6) is 0 Å². The molecule has 0 spiro atoms. The van der Waals surface area contributed by atoms with Gasteiger partial charge in [-0.1, -0.05) is 11.3 Å². The van der Waals surface area contributed by atoms with Crippen molar-refractivity contribution in [1.82, 2.24) is 30.4 Å². The number of H-pyrrole nitrogens is 1. The van der Waals surface area contributed by atoms with Gasteiger partial charge in [0.05, 0.1) is 16.1 Å². The van der Waals surface area contributed by atoms with Gasteiger partial charge in [0.1, 0.15) is 27.9 Å². The minimum Gasteiger partial charge on any atom is -0.478 e. The maximum atomic E-state index is 11.5. The summed E-state index contributed by atoms with van der Waals surface area (Å²) in [4.78, 5) is 26.5. The zero-order valence-electron chi connectivity index (χ0n) is 21.3. The number of carboxylic acid groups (broad SMARTS) is 1. The minimum atomic E-state index is -0.932. The Balaban J connectivity index is 1.32. The third-order valence-corrected chi connectivity index (χ3v) is 8.08. The maximum Gasteiger partial charge on any atom is 0.335 e. The summed E-state index contributed by atoms with van der Waals surface area (Å²) in [6, 6.07) is 13.0. The summed E-state index contributed by atoms with van der Waals surface area (Å²) in [5.41, 5.74) is 4.95. The average Bonchev–Trinajstić information content (AvgIpc) is 3.66. The highest BCUT2D eigenvalue weighted by Gasteiger charge is 2.41. The number of anilines is 2. The maximum absolute atomic E-state index is 11.5. The van der Waals surface area contributed by atoms with Gasteiger partial charge in [-0.15, -0.1) is 16.4 Å². The van der Waals surface area contributed by atoms with E-state index in [4.69, 9.17) is 14.7 Å². The van der Waals surface area contributed by atoms with Crippen molar-refractivity contribution >= 4 is 28.9 Å². The highest BCUT2D eigenvalue weighted by molar-refractivity contribution is 7.15. The molecular formula is C28H25N7O3S. The molecule has 4 aromatic heterocycles. The van der Waals surface area contributed by atoms with Crippen molar-refractivity contribution in [2.24, 2.45) is 0 Å². The van der Waals surface area contributed by atoms with Crippen LogP contribution in [-0.4, -0.2) is 48.5 Å². The average molecular weight is 540 g/mol. The molecule has 0 aliphatic heterocycles. The van der Waals surface area contributed by atoms with Gasteiger partial charge in [-0.3, -0.25) is 5.10 Å². The normalized spacial score (nSPS) is 16.6. The molecule has 11 heteroatoms. The smallest absolute Gasteiger partial charge is 0.335 e. The first kappa shape index (κ1) is 24.8. The first-order valence-electron chi connectivity index (χ1n) is 12.4. The number of fused-ring (bicyclic) bond motifs is 1. The van der Waals surface area contributed by atoms with Crippen LogP contribution in [0.1, 0.15) is 44.9 Å². The number of carbonyl (C=O) groups is 1. The number of pyridine rings is 2. The molecule has 0 saturated heterocycles. The van der Waals surface area contributed by atoms with E-state index in [1.807, 2.05) is 43.5 Å². The van der Waals surface area contributed by atoms with Crippen LogP contribution in [0.2, 0.25) is 0 Å². The number of nitrogens with zero attached hydrogens (tertiary/aromatic N) is 5. The number of ether oxygens (including phenoxy) is 1. The van der Waals surface area contributed by atoms with E-state index >= 15 is 0 Å². The van der Waals surface area contributed by atoms with Gasteiger partial charge in [-0.2, -0.15) is 0 Å². The molecule has 196 valence electrons. The molecule has 6 rings (SSSR count). The van der Waals surface area contributed by atoms with Gasteiger partial charge in [-0.05, 0) is 79.3 Å². The molecule has 1 aliphatic carbocycles. The van der Waals surface area contributed by atoms with E-state index < -0.39 is 11.6 Å². The molecule has 1 aliphatic rings. The predicted octanol–water partition coefficient (Wildman–Crippen LogP) is 5.36. The summed E-state index contributed by atoms with van der Waals surface area (Å²) in [6.45, 7) is 2.02. The molecular weight excluding hydrogens is 514 g/mol. The fraction of sp³-hybridized carbons (Fsp3) is 0.214. The van der Waals surface area contributed by atoms with E-state index in [0.717, 1.165) is 62.8 Å². The number of carboxylic acids is 1. The molecule has 5 aromatic rings. The van der Waals surface area contributed by atoms with Crippen LogP contribution in [0, 0.1) is 6.92 Å². The Bertz CT molecular complexity index is 1670. The first-order chi connectivity index (χ1) is 18.9. The fourth-order valence-corrected chi connectivity index (χ4v) is 6.17. The lowest BCUT2D eigenvalue weighted by atomic mass is 9.78. The van der Waals surface area contributed by atoms with E-state index in [2.05, 4.69) is 25.7 Å². The van der Waals surface area contributed by atoms with Crippen molar-refractivity contribution in [3.05, 3.63) is 88.3 Å². The molecule has 1 aromatic carbocycles. The first-order valence-corrected chi connectivity index (χ1v) is 13.2. The monoisotopic (exact) mass is 539 g/mol. The summed E-state index contributed by atoms with van der Waals surface area (Å²) in [7, 11) is 1.69. The summed E-state index contributed by atoms with van der Waals surface area (Å²) >= 11 is 1.54. The number of aromatic nitrogens is 6. The number of aromatic carboxylic acids is 1. The molecule has 0 fully saturated rings. The molecule has 10 nitrogen and oxygen atoms in total. The van der Waals surface area contributed by atoms with Gasteiger partial charge < -0.3 is 15.2 Å². The Morgan fingerprint density at radius 3 is 2.82 bits per heavy atom. The van der Waals surface area contributed by atoms with Crippen molar-refractivity contribution in [2.45, 2.75) is 31.8 Å². The largest absolute Gasteiger partial charge is 0.478 e. The van der Waals surface area contributed by atoms with Gasteiger partial charge in [0, 0.05) is 31.3 Å². The lowest BCUT2D eigenvalue weighted by Gasteiger charge is -2.36. The van der Waals surface area contributed by atoms with Crippen molar-refractivity contribution in [3.8, 4) is 21.8 Å². The second kappa shape index (κ2) is 10.0. The molecule has 0 bridgehead atoms. The summed E-state index contributed by atoms with van der Waals surface area (Å²) in [5.74, 6) is 0.371. The second-order valence-corrected chi connectivity index (χ2v) is 10.5. The predicted molar refractivity (Wildman–Crippen MR) is 147 cm³/mol. The molecule has 1 atom stereocenters. The fourth-order valence-electron chi connectivity index (χ4n) is 5.08. The second-order valence-electron chi connectivity index (χ2n) is 9.42. The number of benzene rings is 1. The molecule has 0 amide bonds. The van der Waals surface area contributed by atoms with E-state index in [0.29, 0.717) is 11.6 Å². The van der Waals surface area contributed by atoms with Crippen LogP contribution in [0.25, 0.3) is 21.8 Å².